The van der Waals surface area contributed by atoms with Crippen LogP contribution in [0.5, 0.6) is 0 Å². The number of ether oxygens (including phenoxy) is 7. The number of amides is 1. The van der Waals surface area contributed by atoms with Crippen LogP contribution >= 0.6 is 0 Å². The summed E-state index contributed by atoms with van der Waals surface area (Å²) in [4.78, 5) is 37.2. The maximum absolute atomic E-state index is 12.7. The summed E-state index contributed by atoms with van der Waals surface area (Å²) in [5, 5.41) is 2.74. The zero-order valence-corrected chi connectivity index (χ0v) is 34.1. The number of methoxy groups -OCH3 is 1. The van der Waals surface area contributed by atoms with Gasteiger partial charge >= 0.3 is 11.9 Å². The van der Waals surface area contributed by atoms with E-state index in [2.05, 4.69) is 26.1 Å². The molecule has 310 valence electrons. The Morgan fingerprint density at radius 2 is 1.45 bits per heavy atom. The number of carbonyl (C=O) groups excluding carboxylic acids is 3. The van der Waals surface area contributed by atoms with Crippen LogP contribution in [0.25, 0.3) is 0 Å². The van der Waals surface area contributed by atoms with Gasteiger partial charge in [-0.2, -0.15) is 0 Å². The predicted molar refractivity (Wildman–Crippen MR) is 208 cm³/mol. The van der Waals surface area contributed by atoms with E-state index in [-0.39, 0.29) is 43.8 Å². The van der Waals surface area contributed by atoms with E-state index in [0.717, 1.165) is 49.0 Å². The van der Waals surface area contributed by atoms with Crippen molar-refractivity contribution in [3.8, 4) is 0 Å². The van der Waals surface area contributed by atoms with Gasteiger partial charge in [-0.3, -0.25) is 9.59 Å². The highest BCUT2D eigenvalue weighted by Gasteiger charge is 2.60. The second-order valence-electron chi connectivity index (χ2n) is 17.1. The quantitative estimate of drug-likeness (QED) is 0.0968. The highest BCUT2D eigenvalue weighted by molar-refractivity contribution is 5.77. The molecular weight excluding hydrogens is 702 g/mol. The van der Waals surface area contributed by atoms with Gasteiger partial charge in [-0.15, -0.1) is 0 Å². The van der Waals surface area contributed by atoms with Crippen molar-refractivity contribution < 1.29 is 47.5 Å². The van der Waals surface area contributed by atoms with Crippen molar-refractivity contribution in [1.29, 1.82) is 0 Å². The Balaban J connectivity index is 0.942. The van der Waals surface area contributed by atoms with Gasteiger partial charge in [0.2, 0.25) is 5.91 Å². The molecule has 0 radical (unpaired) electrons. The van der Waals surface area contributed by atoms with Crippen LogP contribution in [0.2, 0.25) is 0 Å². The molecule has 0 saturated heterocycles. The van der Waals surface area contributed by atoms with Crippen LogP contribution in [0.1, 0.15) is 97.0 Å². The predicted octanol–water partition coefficient (Wildman–Crippen LogP) is 6.55. The highest BCUT2D eigenvalue weighted by Crippen LogP contribution is 2.68. The van der Waals surface area contributed by atoms with Crippen molar-refractivity contribution in [2.75, 3.05) is 73.1 Å². The second kappa shape index (κ2) is 21.8. The van der Waals surface area contributed by atoms with Crippen molar-refractivity contribution in [3.05, 3.63) is 35.9 Å². The van der Waals surface area contributed by atoms with Crippen LogP contribution in [-0.4, -0.2) is 97.1 Å². The molecule has 4 aliphatic rings. The lowest BCUT2D eigenvalue weighted by molar-refractivity contribution is -0.167. The van der Waals surface area contributed by atoms with Gasteiger partial charge in [-0.25, -0.2) is 4.79 Å². The molecule has 5 rings (SSSR count). The van der Waals surface area contributed by atoms with Gasteiger partial charge in [0.25, 0.3) is 0 Å². The van der Waals surface area contributed by atoms with Gasteiger partial charge in [0.1, 0.15) is 25.9 Å². The van der Waals surface area contributed by atoms with Crippen molar-refractivity contribution in [3.63, 3.8) is 0 Å². The van der Waals surface area contributed by atoms with E-state index in [1.165, 1.54) is 38.5 Å². The van der Waals surface area contributed by atoms with Crippen molar-refractivity contribution in [1.82, 2.24) is 5.32 Å². The molecule has 1 aromatic rings. The third kappa shape index (κ3) is 12.2. The van der Waals surface area contributed by atoms with E-state index < -0.39 is 0 Å². The molecule has 1 N–H and O–H groups in total. The third-order valence-electron chi connectivity index (χ3n) is 13.9. The fourth-order valence-electron chi connectivity index (χ4n) is 11.1. The van der Waals surface area contributed by atoms with E-state index in [4.69, 9.17) is 33.2 Å². The fraction of sp³-hybridized carbons (Fsp3) is 0.795. The maximum atomic E-state index is 12.7. The second-order valence-corrected chi connectivity index (χ2v) is 17.1. The first kappa shape index (κ1) is 43.6. The molecule has 11 heteroatoms. The van der Waals surface area contributed by atoms with E-state index in [9.17, 15) is 14.4 Å². The zero-order valence-electron chi connectivity index (χ0n) is 34.1. The summed E-state index contributed by atoms with van der Waals surface area (Å²) in [7, 11) is 1.61. The minimum atomic E-state index is -0.303. The van der Waals surface area contributed by atoms with Crippen molar-refractivity contribution in [2.24, 2.45) is 46.3 Å². The molecule has 4 aliphatic carbocycles. The zero-order chi connectivity index (χ0) is 39.1. The van der Waals surface area contributed by atoms with Gasteiger partial charge in [0.15, 0.2) is 0 Å². The average molecular weight is 772 g/mol. The lowest BCUT2D eigenvalue weighted by Gasteiger charge is -2.61. The monoisotopic (exact) mass is 771 g/mol. The topological polar surface area (TPSA) is 128 Å². The number of carbonyl (C=O) groups is 3. The summed E-state index contributed by atoms with van der Waals surface area (Å²) in [5.41, 5.74) is 1.69. The van der Waals surface area contributed by atoms with Crippen molar-refractivity contribution >= 4 is 17.8 Å². The van der Waals surface area contributed by atoms with Gasteiger partial charge in [-0.05, 0) is 116 Å². The molecule has 4 saturated carbocycles. The largest absolute Gasteiger partial charge is 0.461 e. The first-order chi connectivity index (χ1) is 26.6. The molecule has 0 heterocycles. The molecular formula is C44H69NO10. The van der Waals surface area contributed by atoms with E-state index in [1.807, 2.05) is 30.3 Å². The first-order valence-electron chi connectivity index (χ1n) is 21.1. The SMILES string of the molecule is COCCOCCOCC(=O)NCCOCCOCC(=O)O[C@H]1CC[C@@]2(C)C(CCC3[C@@H]4CC[C@H]([C@H](C)CCC(=O)OCc5ccccc5)[C@@]4(C)CC[C@@H]32)C1. The number of hydrogen-bond donors (Lipinski definition) is 1. The lowest BCUT2D eigenvalue weighted by Crippen LogP contribution is -2.54. The minimum Gasteiger partial charge on any atom is -0.461 e. The Labute approximate surface area is 329 Å². The van der Waals surface area contributed by atoms with E-state index in [1.54, 1.807) is 7.11 Å². The molecule has 0 bridgehead atoms. The Kier molecular flexibility index (Phi) is 17.3. The maximum Gasteiger partial charge on any atom is 0.332 e. The number of nitrogens with one attached hydrogen (secondary N) is 1. The smallest absolute Gasteiger partial charge is 0.332 e. The highest BCUT2D eigenvalue weighted by atomic mass is 16.6. The molecule has 9 atom stereocenters. The average Bonchev–Trinajstić information content (AvgIpc) is 3.54. The van der Waals surface area contributed by atoms with Gasteiger partial charge in [-0.1, -0.05) is 51.1 Å². The third-order valence-corrected chi connectivity index (χ3v) is 13.9. The Morgan fingerprint density at radius 1 is 0.764 bits per heavy atom. The summed E-state index contributed by atoms with van der Waals surface area (Å²) >= 11 is 0. The van der Waals surface area contributed by atoms with E-state index >= 15 is 0 Å². The molecule has 1 aromatic carbocycles. The molecule has 4 fully saturated rings. The Hall–Kier alpha value is -2.57. The molecule has 11 nitrogen and oxygen atoms in total. The van der Waals surface area contributed by atoms with Crippen LogP contribution in [-0.2, 0) is 54.1 Å². The standard InChI is InChI=1S/C44H69NO10/c1-32(10-15-41(47)54-29-33-8-6-5-7-9-33)37-13-14-38-36-12-11-34-28-35(16-18-43(34,2)39(36)17-19-44(37,38)3)55-42(48)31-53-27-24-50-21-20-45-40(46)30-52-26-25-51-23-22-49-4/h5-9,32,34-39H,10-31H2,1-4H3,(H,45,46)/t32-,34?,35+,36?,37-,38+,39+,43+,44-/m1/s1. The van der Waals surface area contributed by atoms with Gasteiger partial charge in [0.05, 0.1) is 46.2 Å². The van der Waals surface area contributed by atoms with Gasteiger partial charge in [0, 0.05) is 20.1 Å². The number of esters is 2. The van der Waals surface area contributed by atoms with Crippen LogP contribution in [0.15, 0.2) is 30.3 Å². The van der Waals surface area contributed by atoms with Crippen LogP contribution in [0.4, 0.5) is 0 Å². The summed E-state index contributed by atoms with van der Waals surface area (Å²) in [6.45, 7) is 10.9. The number of rotatable bonds is 23. The summed E-state index contributed by atoms with van der Waals surface area (Å²) in [6, 6.07) is 9.92. The normalized spacial score (nSPS) is 30.4. The molecule has 0 aliphatic heterocycles. The van der Waals surface area contributed by atoms with Crippen LogP contribution in [0.3, 0.4) is 0 Å². The molecule has 1 amide bonds. The minimum absolute atomic E-state index is 0.0276. The summed E-state index contributed by atoms with van der Waals surface area (Å²) in [6.07, 6.45) is 12.0. The summed E-state index contributed by atoms with van der Waals surface area (Å²) in [5.74, 6) is 3.44. The lowest BCUT2D eigenvalue weighted by atomic mass is 9.44. The van der Waals surface area contributed by atoms with Crippen molar-refractivity contribution in [2.45, 2.75) is 104 Å². The molecule has 0 spiro atoms. The number of hydrogen-bond acceptors (Lipinski definition) is 10. The Morgan fingerprint density at radius 3 is 2.24 bits per heavy atom. The molecule has 55 heavy (non-hydrogen) atoms. The summed E-state index contributed by atoms with van der Waals surface area (Å²) < 4.78 is 38.1. The van der Waals surface area contributed by atoms with Crippen LogP contribution in [0, 0.1) is 46.3 Å². The Bertz CT molecular complexity index is 1330. The van der Waals surface area contributed by atoms with E-state index in [0.29, 0.717) is 87.8 Å². The first-order valence-corrected chi connectivity index (χ1v) is 21.1. The fourth-order valence-corrected chi connectivity index (χ4v) is 11.1. The van der Waals surface area contributed by atoms with Gasteiger partial charge < -0.3 is 38.5 Å². The number of fused-ring (bicyclic) bond motifs is 5. The number of benzene rings is 1. The molecule has 2 unspecified atom stereocenters. The van der Waals surface area contributed by atoms with Crippen LogP contribution < -0.4 is 5.32 Å². The molecule has 0 aromatic heterocycles.